The van der Waals surface area contributed by atoms with Crippen molar-refractivity contribution in [1.82, 2.24) is 10.3 Å². The normalized spacial score (nSPS) is 16.3. The van der Waals surface area contributed by atoms with Crippen LogP contribution in [0.25, 0.3) is 0 Å². The molecular weight excluding hydrogens is 418 g/mol. The zero-order valence-corrected chi connectivity index (χ0v) is 18.4. The van der Waals surface area contributed by atoms with E-state index >= 15 is 0 Å². The maximum absolute atomic E-state index is 13.3. The lowest BCUT2D eigenvalue weighted by Crippen LogP contribution is -2.36. The number of benzene rings is 2. The van der Waals surface area contributed by atoms with Crippen LogP contribution in [0, 0.1) is 6.92 Å². The van der Waals surface area contributed by atoms with Crippen LogP contribution < -0.4 is 5.43 Å². The highest BCUT2D eigenvalue weighted by atomic mass is 16.4. The van der Waals surface area contributed by atoms with Gasteiger partial charge in [-0.3, -0.25) is 9.59 Å². The van der Waals surface area contributed by atoms with Gasteiger partial charge in [0.15, 0.2) is 5.76 Å². The van der Waals surface area contributed by atoms with Crippen molar-refractivity contribution in [3.8, 4) is 5.75 Å². The van der Waals surface area contributed by atoms with Gasteiger partial charge in [-0.25, -0.2) is 5.43 Å². The summed E-state index contributed by atoms with van der Waals surface area (Å²) in [6.45, 7) is 3.11. The number of hydrogen-bond donors (Lipinski definition) is 2. The molecule has 0 spiro atoms. The molecule has 2 aromatic carbocycles. The molecule has 1 aliphatic heterocycles. The second kappa shape index (κ2) is 8.58. The van der Waals surface area contributed by atoms with Gasteiger partial charge in [-0.2, -0.15) is 5.10 Å². The van der Waals surface area contributed by atoms with Gasteiger partial charge in [-0.15, -0.1) is 0 Å². The molecule has 7 nitrogen and oxygen atoms in total. The molecule has 0 radical (unpaired) electrons. The third-order valence-corrected chi connectivity index (χ3v) is 6.36. The maximum Gasteiger partial charge on any atom is 0.290 e. The third-order valence-electron chi connectivity index (χ3n) is 6.36. The number of hydrazone groups is 1. The highest BCUT2D eigenvalue weighted by Crippen LogP contribution is 2.31. The molecule has 0 fully saturated rings. The Morgan fingerprint density at radius 2 is 1.79 bits per heavy atom. The molecule has 0 saturated carbocycles. The second-order valence-corrected chi connectivity index (χ2v) is 8.50. The predicted octanol–water partition coefficient (Wildman–Crippen LogP) is 3.96. The number of phenols is 1. The average Bonchev–Trinajstić information content (AvgIpc) is 3.19. The average molecular weight is 444 g/mol. The number of amides is 2. The van der Waals surface area contributed by atoms with E-state index in [2.05, 4.69) is 22.7 Å². The lowest BCUT2D eigenvalue weighted by molar-refractivity contribution is 0.0699. The van der Waals surface area contributed by atoms with Crippen LogP contribution in [0.4, 0.5) is 0 Å². The van der Waals surface area contributed by atoms with E-state index in [-0.39, 0.29) is 17.6 Å². The first kappa shape index (κ1) is 21.0. The highest BCUT2D eigenvalue weighted by Gasteiger charge is 2.31. The number of hydrogen-bond acceptors (Lipinski definition) is 5. The number of furan rings is 1. The fraction of sp³-hybridized carbons (Fsp3) is 0.269. The Kier molecular flexibility index (Phi) is 5.46. The SMILES string of the molecule is Cc1c(C(=O)N2CCc3ccccc3C2)oc2c1/C(=N/NC(=O)c1ccc(O)cc1)CCC2. The van der Waals surface area contributed by atoms with Gasteiger partial charge in [-0.1, -0.05) is 24.3 Å². The summed E-state index contributed by atoms with van der Waals surface area (Å²) >= 11 is 0. The number of phenolic OH excluding ortho intramolecular Hbond substituents is 1. The van der Waals surface area contributed by atoms with Crippen molar-refractivity contribution in [2.24, 2.45) is 5.10 Å². The Balaban J connectivity index is 1.38. The van der Waals surface area contributed by atoms with Crippen molar-refractivity contribution in [3.05, 3.63) is 87.9 Å². The zero-order valence-electron chi connectivity index (χ0n) is 18.4. The molecule has 0 bridgehead atoms. The molecule has 2 N–H and O–H groups in total. The Labute approximate surface area is 191 Å². The van der Waals surface area contributed by atoms with E-state index in [9.17, 15) is 14.7 Å². The molecule has 1 aliphatic carbocycles. The van der Waals surface area contributed by atoms with Crippen LogP contribution in [-0.4, -0.2) is 34.1 Å². The van der Waals surface area contributed by atoms with E-state index < -0.39 is 0 Å². The largest absolute Gasteiger partial charge is 0.508 e. The topological polar surface area (TPSA) is 95.1 Å². The number of carbonyl (C=O) groups is 2. The van der Waals surface area contributed by atoms with Crippen molar-refractivity contribution >= 4 is 17.5 Å². The Bertz CT molecular complexity index is 1260. The number of fused-ring (bicyclic) bond motifs is 2. The molecule has 1 aromatic heterocycles. The van der Waals surface area contributed by atoms with Gasteiger partial charge in [0.05, 0.1) is 5.71 Å². The lowest BCUT2D eigenvalue weighted by Gasteiger charge is -2.28. The molecule has 2 amide bonds. The zero-order chi connectivity index (χ0) is 22.9. The van der Waals surface area contributed by atoms with Gasteiger partial charge in [0, 0.05) is 36.2 Å². The molecule has 168 valence electrons. The first-order chi connectivity index (χ1) is 16.0. The highest BCUT2D eigenvalue weighted by molar-refractivity contribution is 6.07. The van der Waals surface area contributed by atoms with Gasteiger partial charge in [0.1, 0.15) is 11.5 Å². The molecule has 5 rings (SSSR count). The Hall–Kier alpha value is -3.87. The number of rotatable bonds is 3. The third kappa shape index (κ3) is 4.02. The minimum atomic E-state index is -0.362. The van der Waals surface area contributed by atoms with Gasteiger partial charge < -0.3 is 14.4 Å². The summed E-state index contributed by atoms with van der Waals surface area (Å²) in [5.41, 5.74) is 7.77. The standard InChI is InChI=1S/C26H25N3O4/c1-16-23-21(27-28-25(31)18-9-11-20(30)12-10-18)7-4-8-22(23)33-24(16)26(32)29-14-13-17-5-2-3-6-19(17)15-29/h2-3,5-6,9-12,30H,4,7-8,13-15H2,1H3,(H,28,31)/b27-21+. The first-order valence-corrected chi connectivity index (χ1v) is 11.2. The van der Waals surface area contributed by atoms with Crippen LogP contribution in [0.15, 0.2) is 58.0 Å². The molecule has 7 heteroatoms. The smallest absolute Gasteiger partial charge is 0.290 e. The van der Waals surface area contributed by atoms with E-state index in [0.717, 1.165) is 36.1 Å². The molecule has 3 aromatic rings. The number of carbonyl (C=O) groups excluding carboxylic acids is 2. The summed E-state index contributed by atoms with van der Waals surface area (Å²) < 4.78 is 6.06. The molecule has 0 atom stereocenters. The van der Waals surface area contributed by atoms with Crippen LogP contribution in [0.5, 0.6) is 5.75 Å². The van der Waals surface area contributed by atoms with E-state index in [1.165, 1.54) is 35.4 Å². The number of nitrogens with one attached hydrogen (secondary N) is 1. The van der Waals surface area contributed by atoms with Crippen LogP contribution in [0.2, 0.25) is 0 Å². The number of aryl methyl sites for hydroxylation is 1. The fourth-order valence-corrected chi connectivity index (χ4v) is 4.59. The number of aromatic hydroxyl groups is 1. The van der Waals surface area contributed by atoms with Crippen molar-refractivity contribution < 1.29 is 19.1 Å². The summed E-state index contributed by atoms with van der Waals surface area (Å²) in [4.78, 5) is 27.6. The molecule has 2 heterocycles. The van der Waals surface area contributed by atoms with Crippen molar-refractivity contribution in [2.75, 3.05) is 6.54 Å². The summed E-state index contributed by atoms with van der Waals surface area (Å²) in [6, 6.07) is 14.2. The van der Waals surface area contributed by atoms with Crippen molar-refractivity contribution in [1.29, 1.82) is 0 Å². The van der Waals surface area contributed by atoms with Crippen molar-refractivity contribution in [3.63, 3.8) is 0 Å². The van der Waals surface area contributed by atoms with Crippen LogP contribution in [-0.2, 0) is 19.4 Å². The van der Waals surface area contributed by atoms with Crippen LogP contribution in [0.1, 0.15) is 61.8 Å². The summed E-state index contributed by atoms with van der Waals surface area (Å²) in [5, 5.41) is 13.8. The van der Waals surface area contributed by atoms with Gasteiger partial charge >= 0.3 is 0 Å². The van der Waals surface area contributed by atoms with E-state index in [1.54, 1.807) is 0 Å². The quantitative estimate of drug-likeness (QED) is 0.599. The second-order valence-electron chi connectivity index (χ2n) is 8.50. The monoisotopic (exact) mass is 443 g/mol. The molecule has 0 unspecified atom stereocenters. The summed E-state index contributed by atoms with van der Waals surface area (Å²) in [5.74, 6) is 0.733. The summed E-state index contributed by atoms with van der Waals surface area (Å²) in [6.07, 6.45) is 3.08. The molecule has 2 aliphatic rings. The van der Waals surface area contributed by atoms with E-state index in [1.807, 2.05) is 24.0 Å². The Morgan fingerprint density at radius 3 is 2.58 bits per heavy atom. The van der Waals surface area contributed by atoms with E-state index in [0.29, 0.717) is 36.5 Å². The number of nitrogens with zero attached hydrogens (tertiary/aromatic N) is 2. The fourth-order valence-electron chi connectivity index (χ4n) is 4.59. The lowest BCUT2D eigenvalue weighted by atomic mass is 9.93. The van der Waals surface area contributed by atoms with Gasteiger partial charge in [-0.05, 0) is 61.6 Å². The Morgan fingerprint density at radius 1 is 1.03 bits per heavy atom. The predicted molar refractivity (Wildman–Crippen MR) is 123 cm³/mol. The van der Waals surface area contributed by atoms with Gasteiger partial charge in [0.25, 0.3) is 11.8 Å². The molecule has 33 heavy (non-hydrogen) atoms. The molecule has 0 saturated heterocycles. The van der Waals surface area contributed by atoms with Crippen LogP contribution >= 0.6 is 0 Å². The van der Waals surface area contributed by atoms with Crippen LogP contribution in [0.3, 0.4) is 0 Å². The van der Waals surface area contributed by atoms with E-state index in [4.69, 9.17) is 4.42 Å². The van der Waals surface area contributed by atoms with Crippen molar-refractivity contribution in [2.45, 2.75) is 39.2 Å². The molecular formula is C26H25N3O4. The minimum absolute atomic E-state index is 0.0956. The minimum Gasteiger partial charge on any atom is -0.508 e. The van der Waals surface area contributed by atoms with Gasteiger partial charge in [0.2, 0.25) is 0 Å². The maximum atomic E-state index is 13.3. The first-order valence-electron chi connectivity index (χ1n) is 11.2. The summed E-state index contributed by atoms with van der Waals surface area (Å²) in [7, 11) is 0.